The van der Waals surface area contributed by atoms with Gasteiger partial charge in [-0.25, -0.2) is 4.98 Å². The van der Waals surface area contributed by atoms with Crippen LogP contribution in [0.25, 0.3) is 22.5 Å². The maximum absolute atomic E-state index is 9.72. The molecule has 2 aromatic heterocycles. The number of aromatic nitrogens is 3. The van der Waals surface area contributed by atoms with E-state index in [1.165, 1.54) is 16.7 Å². The van der Waals surface area contributed by atoms with E-state index in [1.807, 2.05) is 36.4 Å². The van der Waals surface area contributed by atoms with Crippen molar-refractivity contribution in [2.24, 2.45) is 0 Å². The molecule has 0 saturated heterocycles. The summed E-state index contributed by atoms with van der Waals surface area (Å²) < 4.78 is 1.49. The smallest absolute Gasteiger partial charge is 0.193 e. The fraction of sp³-hybridized carbons (Fsp3) is 0.136. The molecule has 4 rings (SSSR count). The molecule has 0 atom stereocenters. The standard InChI is InChI=1S/C22H21N3O2S/c26-18-12-13-19(27)25(18)14-7-15-28-22-23-20(16-8-3-1-4-9-16)21(24-22)17-10-5-2-6-11-17/h1-6,8-13,26-27H,7,14-15H2,(H,23,24). The second-order valence-corrected chi connectivity index (χ2v) is 7.48. The summed E-state index contributed by atoms with van der Waals surface area (Å²) >= 11 is 1.64. The minimum Gasteiger partial charge on any atom is -0.494 e. The topological polar surface area (TPSA) is 74.1 Å². The van der Waals surface area contributed by atoms with E-state index in [-0.39, 0.29) is 11.8 Å². The highest BCUT2D eigenvalue weighted by molar-refractivity contribution is 7.99. The maximum atomic E-state index is 9.72. The molecule has 0 aliphatic heterocycles. The van der Waals surface area contributed by atoms with Crippen molar-refractivity contribution in [3.63, 3.8) is 0 Å². The van der Waals surface area contributed by atoms with Gasteiger partial charge in [-0.3, -0.25) is 4.57 Å². The Hall–Kier alpha value is -3.12. The number of H-pyrrole nitrogens is 1. The number of hydrogen-bond donors (Lipinski definition) is 3. The van der Waals surface area contributed by atoms with Crippen LogP contribution < -0.4 is 0 Å². The van der Waals surface area contributed by atoms with E-state index in [2.05, 4.69) is 29.2 Å². The molecule has 142 valence electrons. The average molecular weight is 391 g/mol. The van der Waals surface area contributed by atoms with Crippen LogP contribution in [0.5, 0.6) is 11.8 Å². The highest BCUT2D eigenvalue weighted by atomic mass is 32.2. The van der Waals surface area contributed by atoms with Gasteiger partial charge < -0.3 is 15.2 Å². The number of imidazole rings is 1. The van der Waals surface area contributed by atoms with Gasteiger partial charge in [-0.1, -0.05) is 72.4 Å². The molecule has 2 heterocycles. The summed E-state index contributed by atoms with van der Waals surface area (Å²) in [4.78, 5) is 8.29. The van der Waals surface area contributed by atoms with Crippen LogP contribution in [0.3, 0.4) is 0 Å². The van der Waals surface area contributed by atoms with Gasteiger partial charge in [0.05, 0.1) is 11.4 Å². The quantitative estimate of drug-likeness (QED) is 0.301. The Kier molecular flexibility index (Phi) is 5.39. The molecule has 0 aliphatic rings. The number of rotatable bonds is 7. The van der Waals surface area contributed by atoms with E-state index in [4.69, 9.17) is 4.98 Å². The first-order chi connectivity index (χ1) is 13.7. The van der Waals surface area contributed by atoms with Crippen molar-refractivity contribution >= 4 is 11.8 Å². The molecule has 28 heavy (non-hydrogen) atoms. The first-order valence-electron chi connectivity index (χ1n) is 9.13. The van der Waals surface area contributed by atoms with Crippen molar-refractivity contribution < 1.29 is 10.2 Å². The molecule has 0 radical (unpaired) electrons. The molecular weight excluding hydrogens is 370 g/mol. The zero-order chi connectivity index (χ0) is 19.3. The van der Waals surface area contributed by atoms with Gasteiger partial charge in [0.2, 0.25) is 0 Å². The lowest BCUT2D eigenvalue weighted by atomic mass is 10.1. The van der Waals surface area contributed by atoms with Gasteiger partial charge in [0.15, 0.2) is 16.9 Å². The number of aromatic amines is 1. The van der Waals surface area contributed by atoms with Crippen LogP contribution in [0, 0.1) is 0 Å². The largest absolute Gasteiger partial charge is 0.494 e. The minimum absolute atomic E-state index is 0.0817. The summed E-state index contributed by atoms with van der Waals surface area (Å²) in [6.07, 6.45) is 0.794. The van der Waals surface area contributed by atoms with Crippen LogP contribution in [0.4, 0.5) is 0 Å². The van der Waals surface area contributed by atoms with Gasteiger partial charge in [0.25, 0.3) is 0 Å². The molecule has 5 nitrogen and oxygen atoms in total. The molecule has 0 amide bonds. The van der Waals surface area contributed by atoms with Crippen molar-refractivity contribution in [2.45, 2.75) is 18.1 Å². The number of nitrogens with zero attached hydrogens (tertiary/aromatic N) is 2. The summed E-state index contributed by atoms with van der Waals surface area (Å²) in [5, 5.41) is 20.3. The molecule has 0 bridgehead atoms. The Morgan fingerprint density at radius 1 is 0.821 bits per heavy atom. The Morgan fingerprint density at radius 3 is 2.07 bits per heavy atom. The van der Waals surface area contributed by atoms with E-state index in [1.54, 1.807) is 11.8 Å². The summed E-state index contributed by atoms with van der Waals surface area (Å²) in [5.74, 6) is 0.976. The van der Waals surface area contributed by atoms with Gasteiger partial charge in [-0.15, -0.1) is 0 Å². The van der Waals surface area contributed by atoms with Crippen molar-refractivity contribution in [3.8, 4) is 34.3 Å². The summed E-state index contributed by atoms with van der Waals surface area (Å²) in [6, 6.07) is 23.3. The van der Waals surface area contributed by atoms with Gasteiger partial charge in [-0.05, 0) is 6.42 Å². The number of aromatic hydroxyl groups is 2. The predicted octanol–water partition coefficient (Wildman–Crippen LogP) is 5.14. The zero-order valence-electron chi connectivity index (χ0n) is 15.2. The van der Waals surface area contributed by atoms with E-state index >= 15 is 0 Å². The molecular formula is C22H21N3O2S. The maximum Gasteiger partial charge on any atom is 0.193 e. The third kappa shape index (κ3) is 3.92. The van der Waals surface area contributed by atoms with Crippen LogP contribution in [-0.2, 0) is 6.54 Å². The van der Waals surface area contributed by atoms with Crippen LogP contribution in [0.1, 0.15) is 6.42 Å². The normalized spacial score (nSPS) is 11.0. The van der Waals surface area contributed by atoms with Crippen molar-refractivity contribution in [1.29, 1.82) is 0 Å². The summed E-state index contributed by atoms with van der Waals surface area (Å²) in [7, 11) is 0. The lowest BCUT2D eigenvalue weighted by Gasteiger charge is -2.05. The fourth-order valence-corrected chi connectivity index (χ4v) is 3.90. The second-order valence-electron chi connectivity index (χ2n) is 6.40. The van der Waals surface area contributed by atoms with E-state index in [9.17, 15) is 10.2 Å². The number of thioether (sulfide) groups is 1. The third-order valence-electron chi connectivity index (χ3n) is 4.49. The van der Waals surface area contributed by atoms with Gasteiger partial charge in [-0.2, -0.15) is 0 Å². The predicted molar refractivity (Wildman–Crippen MR) is 113 cm³/mol. The monoisotopic (exact) mass is 391 g/mol. The molecule has 0 fully saturated rings. The molecule has 0 unspecified atom stereocenters. The van der Waals surface area contributed by atoms with E-state index in [0.717, 1.165) is 39.8 Å². The fourth-order valence-electron chi connectivity index (χ4n) is 3.11. The highest BCUT2D eigenvalue weighted by Gasteiger charge is 2.14. The molecule has 6 heteroatoms. The first-order valence-corrected chi connectivity index (χ1v) is 10.1. The van der Waals surface area contributed by atoms with Crippen molar-refractivity contribution in [1.82, 2.24) is 14.5 Å². The van der Waals surface area contributed by atoms with Crippen molar-refractivity contribution in [3.05, 3.63) is 72.8 Å². The van der Waals surface area contributed by atoms with E-state index < -0.39 is 0 Å². The highest BCUT2D eigenvalue weighted by Crippen LogP contribution is 2.33. The van der Waals surface area contributed by atoms with Crippen LogP contribution in [-0.4, -0.2) is 30.5 Å². The van der Waals surface area contributed by atoms with Crippen LogP contribution >= 0.6 is 11.8 Å². The van der Waals surface area contributed by atoms with Crippen LogP contribution in [0.15, 0.2) is 78.0 Å². The Morgan fingerprint density at radius 2 is 1.43 bits per heavy atom. The lowest BCUT2D eigenvalue weighted by molar-refractivity contribution is 0.367. The van der Waals surface area contributed by atoms with Crippen LogP contribution in [0.2, 0.25) is 0 Å². The second kappa shape index (κ2) is 8.27. The molecule has 3 N–H and O–H groups in total. The Bertz CT molecular complexity index is 966. The SMILES string of the molecule is Oc1ccc(O)n1CCCSc1nc(-c2ccccc2)c(-c2ccccc2)[nH]1. The lowest BCUT2D eigenvalue weighted by Crippen LogP contribution is -1.97. The molecule has 4 aromatic rings. The molecule has 0 saturated carbocycles. The van der Waals surface area contributed by atoms with Gasteiger partial charge in [0, 0.05) is 35.6 Å². The van der Waals surface area contributed by atoms with Crippen molar-refractivity contribution in [2.75, 3.05) is 5.75 Å². The number of hydrogen-bond acceptors (Lipinski definition) is 4. The number of nitrogens with one attached hydrogen (secondary N) is 1. The third-order valence-corrected chi connectivity index (χ3v) is 5.45. The summed E-state index contributed by atoms with van der Waals surface area (Å²) in [5.41, 5.74) is 4.12. The van der Waals surface area contributed by atoms with Gasteiger partial charge in [0.1, 0.15) is 0 Å². The zero-order valence-corrected chi connectivity index (χ0v) is 16.1. The minimum atomic E-state index is 0.0817. The first kappa shape index (κ1) is 18.3. The molecule has 0 aliphatic carbocycles. The summed E-state index contributed by atoms with van der Waals surface area (Å²) in [6.45, 7) is 0.551. The van der Waals surface area contributed by atoms with E-state index in [0.29, 0.717) is 6.54 Å². The van der Waals surface area contributed by atoms with Gasteiger partial charge >= 0.3 is 0 Å². The molecule has 0 spiro atoms. The number of benzene rings is 2. The average Bonchev–Trinajstić information content (AvgIpc) is 3.30. The Balaban J connectivity index is 1.51. The Labute approximate surface area is 167 Å². The molecule has 2 aromatic carbocycles.